The van der Waals surface area contributed by atoms with Crippen molar-refractivity contribution in [2.24, 2.45) is 13.0 Å². The van der Waals surface area contributed by atoms with E-state index in [1.54, 1.807) is 19.4 Å². The Morgan fingerprint density at radius 1 is 1.42 bits per heavy atom. The van der Waals surface area contributed by atoms with Crippen LogP contribution in [0.5, 0.6) is 5.75 Å². The van der Waals surface area contributed by atoms with Crippen molar-refractivity contribution < 1.29 is 14.3 Å². The lowest BCUT2D eigenvalue weighted by Crippen LogP contribution is -2.36. The largest absolute Gasteiger partial charge is 0.496 e. The molecule has 2 aromatic heterocycles. The summed E-state index contributed by atoms with van der Waals surface area (Å²) in [6.07, 6.45) is 6.72. The van der Waals surface area contributed by atoms with Crippen LogP contribution in [-0.2, 0) is 11.8 Å². The second kappa shape index (κ2) is 8.14. The minimum Gasteiger partial charge on any atom is -0.496 e. The number of amides is 1. The topological polar surface area (TPSA) is 82.5 Å². The van der Waals surface area contributed by atoms with E-state index >= 15 is 0 Å². The fraction of sp³-hybridized carbons (Fsp3) is 0.421. The van der Waals surface area contributed by atoms with Gasteiger partial charge in [0.25, 0.3) is 11.5 Å². The summed E-state index contributed by atoms with van der Waals surface area (Å²) in [5.74, 6) is 0.246. The molecule has 7 nitrogen and oxygen atoms in total. The Morgan fingerprint density at radius 3 is 2.85 bits per heavy atom. The normalized spacial score (nSPS) is 16.1. The van der Waals surface area contributed by atoms with Gasteiger partial charge in [-0.15, -0.1) is 0 Å². The average Bonchev–Trinajstić information content (AvgIpc) is 2.69. The molecular weight excluding hydrogens is 334 g/mol. The summed E-state index contributed by atoms with van der Waals surface area (Å²) >= 11 is 0. The van der Waals surface area contributed by atoms with Gasteiger partial charge in [-0.3, -0.25) is 14.6 Å². The van der Waals surface area contributed by atoms with Crippen LogP contribution < -0.4 is 15.6 Å². The zero-order valence-corrected chi connectivity index (χ0v) is 15.0. The Balaban J connectivity index is 1.90. The molecule has 0 radical (unpaired) electrons. The summed E-state index contributed by atoms with van der Waals surface area (Å²) in [7, 11) is 3.05. The first-order chi connectivity index (χ1) is 12.6. The van der Waals surface area contributed by atoms with Crippen molar-refractivity contribution >= 4 is 5.91 Å². The zero-order valence-electron chi connectivity index (χ0n) is 15.0. The molecule has 26 heavy (non-hydrogen) atoms. The standard InChI is InChI=1S/C19H23N3O4/c1-22-12-15(16(25-2)10-17(22)23)19(24)21-18(13-5-8-26-9-6-13)14-4-3-7-20-11-14/h3-4,7,10-13,18H,5-6,8-9H2,1-2H3,(H,21,24). The van der Waals surface area contributed by atoms with E-state index in [0.717, 1.165) is 18.4 Å². The number of pyridine rings is 2. The molecule has 1 N–H and O–H groups in total. The van der Waals surface area contributed by atoms with Crippen LogP contribution in [0.3, 0.4) is 0 Å². The number of nitrogens with one attached hydrogen (secondary N) is 1. The minimum absolute atomic E-state index is 0.179. The smallest absolute Gasteiger partial charge is 0.257 e. The number of ether oxygens (including phenoxy) is 2. The summed E-state index contributed by atoms with van der Waals surface area (Å²) in [4.78, 5) is 28.9. The molecule has 1 aliphatic rings. The van der Waals surface area contributed by atoms with Crippen LogP contribution in [0.4, 0.5) is 0 Å². The summed E-state index contributed by atoms with van der Waals surface area (Å²) in [6, 6.07) is 4.97. The predicted octanol–water partition coefficient (Wildman–Crippen LogP) is 1.69. The van der Waals surface area contributed by atoms with Crippen molar-refractivity contribution in [1.29, 1.82) is 0 Å². The van der Waals surface area contributed by atoms with E-state index in [1.807, 2.05) is 12.1 Å². The molecule has 1 fully saturated rings. The monoisotopic (exact) mass is 357 g/mol. The van der Waals surface area contributed by atoms with Crippen LogP contribution in [0.15, 0.2) is 41.6 Å². The highest BCUT2D eigenvalue weighted by Gasteiger charge is 2.28. The first kappa shape index (κ1) is 18.1. The Morgan fingerprint density at radius 2 is 2.19 bits per heavy atom. The number of carbonyl (C=O) groups excluding carboxylic acids is 1. The quantitative estimate of drug-likeness (QED) is 0.880. The number of carbonyl (C=O) groups is 1. The van der Waals surface area contributed by atoms with Gasteiger partial charge in [0.05, 0.1) is 18.7 Å². The summed E-state index contributed by atoms with van der Waals surface area (Å²) < 4.78 is 12.0. The van der Waals surface area contributed by atoms with E-state index in [2.05, 4.69) is 10.3 Å². The van der Waals surface area contributed by atoms with Gasteiger partial charge in [0.15, 0.2) is 0 Å². The average molecular weight is 357 g/mol. The molecular formula is C19H23N3O4. The molecule has 138 valence electrons. The van der Waals surface area contributed by atoms with Crippen molar-refractivity contribution in [1.82, 2.24) is 14.9 Å². The van der Waals surface area contributed by atoms with Crippen LogP contribution in [0, 0.1) is 5.92 Å². The van der Waals surface area contributed by atoms with Crippen molar-refractivity contribution in [3.63, 3.8) is 0 Å². The first-order valence-electron chi connectivity index (χ1n) is 8.63. The van der Waals surface area contributed by atoms with E-state index in [9.17, 15) is 9.59 Å². The first-order valence-corrected chi connectivity index (χ1v) is 8.63. The van der Waals surface area contributed by atoms with Gasteiger partial charge in [0, 0.05) is 44.9 Å². The molecule has 0 bridgehead atoms. The van der Waals surface area contributed by atoms with Gasteiger partial charge in [-0.25, -0.2) is 0 Å². The lowest BCUT2D eigenvalue weighted by Gasteiger charge is -2.31. The molecule has 1 atom stereocenters. The number of methoxy groups -OCH3 is 1. The van der Waals surface area contributed by atoms with Gasteiger partial charge in [-0.05, 0) is 30.4 Å². The highest BCUT2D eigenvalue weighted by atomic mass is 16.5. The van der Waals surface area contributed by atoms with Crippen molar-refractivity contribution in [3.8, 4) is 5.75 Å². The molecule has 0 aliphatic carbocycles. The highest BCUT2D eigenvalue weighted by molar-refractivity contribution is 5.96. The fourth-order valence-electron chi connectivity index (χ4n) is 3.25. The second-order valence-electron chi connectivity index (χ2n) is 6.39. The van der Waals surface area contributed by atoms with E-state index in [-0.39, 0.29) is 29.2 Å². The van der Waals surface area contributed by atoms with Gasteiger partial charge in [0.1, 0.15) is 5.75 Å². The second-order valence-corrected chi connectivity index (χ2v) is 6.39. The Kier molecular flexibility index (Phi) is 5.68. The number of aromatic nitrogens is 2. The SMILES string of the molecule is COc1cc(=O)n(C)cc1C(=O)NC(c1cccnc1)C1CCOCC1. The molecule has 2 aromatic rings. The van der Waals surface area contributed by atoms with Crippen molar-refractivity contribution in [2.45, 2.75) is 18.9 Å². The third kappa shape index (κ3) is 3.94. The van der Waals surface area contributed by atoms with Crippen LogP contribution >= 0.6 is 0 Å². The van der Waals surface area contributed by atoms with Crippen molar-refractivity contribution in [2.75, 3.05) is 20.3 Å². The van der Waals surface area contributed by atoms with Crippen LogP contribution in [-0.4, -0.2) is 35.8 Å². The third-order valence-electron chi connectivity index (χ3n) is 4.72. The molecule has 1 saturated heterocycles. The maximum atomic E-state index is 13.0. The molecule has 0 saturated carbocycles. The molecule has 1 unspecified atom stereocenters. The van der Waals surface area contributed by atoms with Gasteiger partial charge in [-0.1, -0.05) is 6.07 Å². The Bertz CT molecular complexity index is 813. The molecule has 3 rings (SSSR count). The lowest BCUT2D eigenvalue weighted by atomic mass is 9.87. The van der Waals surface area contributed by atoms with Gasteiger partial charge in [0.2, 0.25) is 0 Å². The molecule has 0 aromatic carbocycles. The van der Waals surface area contributed by atoms with Gasteiger partial charge < -0.3 is 19.4 Å². The highest BCUT2D eigenvalue weighted by Crippen LogP contribution is 2.30. The molecule has 1 aliphatic heterocycles. The zero-order chi connectivity index (χ0) is 18.5. The Hall–Kier alpha value is -2.67. The minimum atomic E-state index is -0.280. The van der Waals surface area contributed by atoms with E-state index in [1.165, 1.54) is 23.9 Å². The summed E-state index contributed by atoms with van der Waals surface area (Å²) in [5.41, 5.74) is 1.05. The lowest BCUT2D eigenvalue weighted by molar-refractivity contribution is 0.0513. The maximum Gasteiger partial charge on any atom is 0.257 e. The van der Waals surface area contributed by atoms with Crippen LogP contribution in [0.25, 0.3) is 0 Å². The van der Waals surface area contributed by atoms with E-state index in [0.29, 0.717) is 18.8 Å². The molecule has 1 amide bonds. The van der Waals surface area contributed by atoms with Crippen LogP contribution in [0.1, 0.15) is 34.8 Å². The molecule has 7 heteroatoms. The van der Waals surface area contributed by atoms with E-state index < -0.39 is 0 Å². The molecule has 0 spiro atoms. The number of aryl methyl sites for hydroxylation is 1. The Labute approximate surface area is 152 Å². The van der Waals surface area contributed by atoms with Crippen LogP contribution in [0.2, 0.25) is 0 Å². The van der Waals surface area contributed by atoms with Gasteiger partial charge >= 0.3 is 0 Å². The number of nitrogens with zero attached hydrogens (tertiary/aromatic N) is 2. The number of rotatable bonds is 5. The molecule has 3 heterocycles. The maximum absolute atomic E-state index is 13.0. The van der Waals surface area contributed by atoms with E-state index in [4.69, 9.17) is 9.47 Å². The summed E-state index contributed by atoms with van der Waals surface area (Å²) in [6.45, 7) is 1.36. The third-order valence-corrected chi connectivity index (χ3v) is 4.72. The fourth-order valence-corrected chi connectivity index (χ4v) is 3.25. The predicted molar refractivity (Wildman–Crippen MR) is 96.2 cm³/mol. The van der Waals surface area contributed by atoms with Crippen molar-refractivity contribution in [3.05, 3.63) is 58.3 Å². The van der Waals surface area contributed by atoms with Gasteiger partial charge in [-0.2, -0.15) is 0 Å². The number of hydrogen-bond donors (Lipinski definition) is 1. The number of hydrogen-bond acceptors (Lipinski definition) is 5. The summed E-state index contributed by atoms with van der Waals surface area (Å²) in [5, 5.41) is 3.11.